The van der Waals surface area contributed by atoms with Crippen molar-refractivity contribution >= 4 is 60.8 Å². The number of fused-ring (bicyclic) bond motifs is 1. The summed E-state index contributed by atoms with van der Waals surface area (Å²) >= 11 is 4.92. The molecule has 1 fully saturated rings. The number of benzene rings is 2. The first-order valence-electron chi connectivity index (χ1n) is 10.6. The van der Waals surface area contributed by atoms with Crippen molar-refractivity contribution in [3.63, 3.8) is 0 Å². The van der Waals surface area contributed by atoms with E-state index in [-0.39, 0.29) is 18.0 Å². The summed E-state index contributed by atoms with van der Waals surface area (Å²) in [6.07, 6.45) is 6.53. The standard InChI is InChI=1S/C23H25BrN4O2S/c24-20-8-4-5-15-13-17(9-11-19(15)20)25-21(29)12-10-18-14-31-23(27-18)28-22(30)26-16-6-2-1-3-7-16/h4-5,8-9,11,13-14,16H,1-3,6-7,10,12H2,(H,25,29)(H2,26,27,28,30). The van der Waals surface area contributed by atoms with Crippen LogP contribution in [0.2, 0.25) is 0 Å². The number of thiazole rings is 1. The Hall–Kier alpha value is -2.45. The molecule has 0 bridgehead atoms. The van der Waals surface area contributed by atoms with Crippen molar-refractivity contribution in [1.29, 1.82) is 0 Å². The second-order valence-electron chi connectivity index (χ2n) is 7.80. The van der Waals surface area contributed by atoms with Gasteiger partial charge in [0.05, 0.1) is 5.69 Å². The molecule has 8 heteroatoms. The molecule has 0 atom stereocenters. The number of aryl methyl sites for hydroxylation is 1. The van der Waals surface area contributed by atoms with E-state index in [1.807, 2.05) is 41.8 Å². The molecule has 1 heterocycles. The van der Waals surface area contributed by atoms with Gasteiger partial charge in [0.2, 0.25) is 5.91 Å². The maximum Gasteiger partial charge on any atom is 0.321 e. The van der Waals surface area contributed by atoms with Crippen LogP contribution in [0.4, 0.5) is 15.6 Å². The number of hydrogen-bond acceptors (Lipinski definition) is 4. The fourth-order valence-electron chi connectivity index (χ4n) is 3.83. The van der Waals surface area contributed by atoms with Gasteiger partial charge in [0.1, 0.15) is 0 Å². The molecule has 1 saturated carbocycles. The number of carbonyl (C=O) groups excluding carboxylic acids is 2. The maximum absolute atomic E-state index is 12.4. The molecule has 0 aliphatic heterocycles. The highest BCUT2D eigenvalue weighted by molar-refractivity contribution is 9.10. The van der Waals surface area contributed by atoms with Crippen LogP contribution in [0.15, 0.2) is 46.3 Å². The summed E-state index contributed by atoms with van der Waals surface area (Å²) in [6, 6.07) is 11.9. The van der Waals surface area contributed by atoms with Crippen LogP contribution < -0.4 is 16.0 Å². The molecule has 1 aliphatic carbocycles. The molecule has 0 radical (unpaired) electrons. The number of carbonyl (C=O) groups is 2. The number of urea groups is 1. The molecule has 4 rings (SSSR count). The third kappa shape index (κ3) is 6.04. The molecule has 0 spiro atoms. The molecule has 3 N–H and O–H groups in total. The lowest BCUT2D eigenvalue weighted by Gasteiger charge is -2.22. The van der Waals surface area contributed by atoms with Crippen molar-refractivity contribution in [2.24, 2.45) is 0 Å². The first kappa shape index (κ1) is 21.8. The molecule has 3 amide bonds. The van der Waals surface area contributed by atoms with Crippen molar-refractivity contribution in [3.8, 4) is 0 Å². The van der Waals surface area contributed by atoms with Gasteiger partial charge in [-0.1, -0.05) is 53.4 Å². The van der Waals surface area contributed by atoms with Gasteiger partial charge >= 0.3 is 6.03 Å². The quantitative estimate of drug-likeness (QED) is 0.383. The largest absolute Gasteiger partial charge is 0.335 e. The summed E-state index contributed by atoms with van der Waals surface area (Å²) in [5, 5.41) is 13.4. The van der Waals surface area contributed by atoms with Gasteiger partial charge in [-0.3, -0.25) is 10.1 Å². The fraction of sp³-hybridized carbons (Fsp3) is 0.348. The lowest BCUT2D eigenvalue weighted by Crippen LogP contribution is -2.38. The minimum absolute atomic E-state index is 0.0631. The van der Waals surface area contributed by atoms with E-state index in [1.54, 1.807) is 0 Å². The predicted octanol–water partition coefficient (Wildman–Crippen LogP) is 6.08. The van der Waals surface area contributed by atoms with Gasteiger partial charge in [-0.25, -0.2) is 9.78 Å². The third-order valence-electron chi connectivity index (χ3n) is 5.43. The molecular weight excluding hydrogens is 476 g/mol. The average molecular weight is 501 g/mol. The summed E-state index contributed by atoms with van der Waals surface area (Å²) in [7, 11) is 0. The molecule has 162 valence electrons. The van der Waals surface area contributed by atoms with Crippen molar-refractivity contribution in [1.82, 2.24) is 10.3 Å². The number of nitrogens with one attached hydrogen (secondary N) is 3. The predicted molar refractivity (Wildman–Crippen MR) is 130 cm³/mol. The second-order valence-corrected chi connectivity index (χ2v) is 9.51. The Morgan fingerprint density at radius 2 is 1.94 bits per heavy atom. The number of halogens is 1. The van der Waals surface area contributed by atoms with E-state index in [9.17, 15) is 9.59 Å². The lowest BCUT2D eigenvalue weighted by molar-refractivity contribution is -0.116. The van der Waals surface area contributed by atoms with Crippen LogP contribution in [0.5, 0.6) is 0 Å². The van der Waals surface area contributed by atoms with E-state index < -0.39 is 0 Å². The number of aromatic nitrogens is 1. The number of nitrogens with zero attached hydrogens (tertiary/aromatic N) is 1. The topological polar surface area (TPSA) is 83.1 Å². The monoisotopic (exact) mass is 500 g/mol. The number of hydrogen-bond donors (Lipinski definition) is 3. The molecule has 6 nitrogen and oxygen atoms in total. The van der Waals surface area contributed by atoms with Gasteiger partial charge in [-0.2, -0.15) is 0 Å². The smallest absolute Gasteiger partial charge is 0.321 e. The first-order valence-corrected chi connectivity index (χ1v) is 12.2. The van der Waals surface area contributed by atoms with E-state index in [0.717, 1.165) is 39.5 Å². The van der Waals surface area contributed by atoms with E-state index in [1.165, 1.54) is 30.6 Å². The molecule has 0 unspecified atom stereocenters. The van der Waals surface area contributed by atoms with Crippen LogP contribution in [-0.2, 0) is 11.2 Å². The highest BCUT2D eigenvalue weighted by Gasteiger charge is 2.16. The van der Waals surface area contributed by atoms with Gasteiger partial charge in [0.25, 0.3) is 0 Å². The number of rotatable bonds is 6. The van der Waals surface area contributed by atoms with Gasteiger partial charge in [-0.15, -0.1) is 11.3 Å². The summed E-state index contributed by atoms with van der Waals surface area (Å²) < 4.78 is 1.03. The van der Waals surface area contributed by atoms with Crippen LogP contribution in [0.3, 0.4) is 0 Å². The van der Waals surface area contributed by atoms with Crippen LogP contribution in [0, 0.1) is 0 Å². The molecule has 3 aromatic rings. The van der Waals surface area contributed by atoms with Gasteiger partial charge in [0, 0.05) is 28.0 Å². The Kier molecular flexibility index (Phi) is 7.19. The minimum atomic E-state index is -0.200. The number of anilines is 2. The number of amides is 3. The fourth-order valence-corrected chi connectivity index (χ4v) is 5.09. The Morgan fingerprint density at radius 3 is 2.77 bits per heavy atom. The van der Waals surface area contributed by atoms with Crippen LogP contribution >= 0.6 is 27.3 Å². The lowest BCUT2D eigenvalue weighted by atomic mass is 9.96. The summed E-state index contributed by atoms with van der Waals surface area (Å²) in [6.45, 7) is 0. The van der Waals surface area contributed by atoms with Gasteiger partial charge in [0.15, 0.2) is 5.13 Å². The normalized spacial score (nSPS) is 14.4. The van der Waals surface area contributed by atoms with E-state index >= 15 is 0 Å². The first-order chi connectivity index (χ1) is 15.1. The van der Waals surface area contributed by atoms with Crippen LogP contribution in [0.25, 0.3) is 10.8 Å². The highest BCUT2D eigenvalue weighted by Crippen LogP contribution is 2.26. The van der Waals surface area contributed by atoms with Gasteiger partial charge < -0.3 is 10.6 Å². The molecule has 1 aromatic heterocycles. The van der Waals surface area contributed by atoms with Gasteiger partial charge in [-0.05, 0) is 48.2 Å². The minimum Gasteiger partial charge on any atom is -0.335 e. The zero-order valence-corrected chi connectivity index (χ0v) is 19.5. The highest BCUT2D eigenvalue weighted by atomic mass is 79.9. The molecule has 1 aliphatic rings. The van der Waals surface area contributed by atoms with E-state index in [4.69, 9.17) is 0 Å². The summed E-state index contributed by atoms with van der Waals surface area (Å²) in [5.74, 6) is -0.0631. The van der Waals surface area contributed by atoms with Crippen LogP contribution in [0.1, 0.15) is 44.2 Å². The van der Waals surface area contributed by atoms with E-state index in [2.05, 4.69) is 36.9 Å². The Balaban J connectivity index is 1.25. The summed E-state index contributed by atoms with van der Waals surface area (Å²) in [5.41, 5.74) is 1.58. The van der Waals surface area contributed by atoms with Crippen molar-refractivity contribution in [2.45, 2.75) is 51.0 Å². The Labute approximate surface area is 194 Å². The Bertz CT molecular complexity index is 1080. The third-order valence-corrected chi connectivity index (χ3v) is 6.93. The molecule has 31 heavy (non-hydrogen) atoms. The SMILES string of the molecule is O=C(CCc1csc(NC(=O)NC2CCCCC2)n1)Nc1ccc2c(Br)cccc2c1. The van der Waals surface area contributed by atoms with Crippen LogP contribution in [-0.4, -0.2) is 23.0 Å². The Morgan fingerprint density at radius 1 is 1.10 bits per heavy atom. The maximum atomic E-state index is 12.4. The van der Waals surface area contributed by atoms with Crippen molar-refractivity contribution < 1.29 is 9.59 Å². The summed E-state index contributed by atoms with van der Waals surface area (Å²) in [4.78, 5) is 29.0. The molecule has 2 aromatic carbocycles. The van der Waals surface area contributed by atoms with Crippen molar-refractivity contribution in [2.75, 3.05) is 10.6 Å². The zero-order valence-electron chi connectivity index (χ0n) is 17.1. The molecular formula is C23H25BrN4O2S. The second kappa shape index (κ2) is 10.2. The van der Waals surface area contributed by atoms with Crippen molar-refractivity contribution in [3.05, 3.63) is 51.9 Å². The molecule has 0 saturated heterocycles. The zero-order chi connectivity index (χ0) is 21.6. The van der Waals surface area contributed by atoms with E-state index in [0.29, 0.717) is 18.0 Å². The average Bonchev–Trinajstić information content (AvgIpc) is 3.20.